The van der Waals surface area contributed by atoms with Crippen molar-refractivity contribution in [2.24, 2.45) is 0 Å². The molecule has 0 spiro atoms. The Morgan fingerprint density at radius 2 is 0.514 bits per heavy atom. The highest BCUT2D eigenvalue weighted by Gasteiger charge is 2.19. The van der Waals surface area contributed by atoms with Crippen molar-refractivity contribution in [3.8, 4) is 0 Å². The number of carbonyl (C=O) groups excluding carboxylic acids is 3. The molecule has 0 radical (unpaired) electrons. The van der Waals surface area contributed by atoms with Crippen LogP contribution < -0.4 is 0 Å². The van der Waals surface area contributed by atoms with Gasteiger partial charge in [-0.15, -0.1) is 0 Å². The topological polar surface area (TPSA) is 78.9 Å². The lowest BCUT2D eigenvalue weighted by atomic mass is 10.0. The van der Waals surface area contributed by atoms with E-state index in [0.29, 0.717) is 19.3 Å². The third-order valence-electron chi connectivity index (χ3n) is 13.9. The number of rotatable bonds is 57. The van der Waals surface area contributed by atoms with Crippen molar-refractivity contribution in [3.05, 3.63) is 36.5 Å². The van der Waals surface area contributed by atoms with Crippen LogP contribution in [0.15, 0.2) is 36.5 Å². The molecule has 0 aromatic carbocycles. The summed E-state index contributed by atoms with van der Waals surface area (Å²) in [6, 6.07) is 0. The largest absolute Gasteiger partial charge is 0.462 e. The minimum atomic E-state index is -0.771. The van der Waals surface area contributed by atoms with Gasteiger partial charge in [-0.25, -0.2) is 0 Å². The fourth-order valence-corrected chi connectivity index (χ4v) is 9.18. The molecule has 0 aliphatic rings. The molecule has 0 bridgehead atoms. The van der Waals surface area contributed by atoms with Crippen molar-refractivity contribution in [1.29, 1.82) is 0 Å². The number of ether oxygens (including phenoxy) is 3. The first-order chi connectivity index (χ1) is 34.5. The van der Waals surface area contributed by atoms with Crippen molar-refractivity contribution in [2.45, 2.75) is 341 Å². The fraction of sp³-hybridized carbons (Fsp3) is 0.859. The first kappa shape index (κ1) is 67.6. The van der Waals surface area contributed by atoms with Crippen molar-refractivity contribution in [1.82, 2.24) is 0 Å². The Bertz CT molecular complexity index is 1170. The first-order valence-corrected chi connectivity index (χ1v) is 31.0. The van der Waals surface area contributed by atoms with Crippen LogP contribution in [0, 0.1) is 0 Å². The molecule has 0 heterocycles. The van der Waals surface area contributed by atoms with Gasteiger partial charge in [0.2, 0.25) is 0 Å². The molecule has 0 saturated carbocycles. The Balaban J connectivity index is 4.00. The monoisotopic (exact) mass is 983 g/mol. The van der Waals surface area contributed by atoms with Crippen LogP contribution >= 0.6 is 0 Å². The molecule has 70 heavy (non-hydrogen) atoms. The predicted molar refractivity (Wildman–Crippen MR) is 302 cm³/mol. The molecule has 0 fully saturated rings. The summed E-state index contributed by atoms with van der Waals surface area (Å²) in [4.78, 5) is 37.9. The number of hydrogen-bond donors (Lipinski definition) is 0. The fourth-order valence-electron chi connectivity index (χ4n) is 9.18. The molecular weight excluding hydrogens is 865 g/mol. The summed E-state index contributed by atoms with van der Waals surface area (Å²) in [6.07, 6.45) is 71.9. The number of esters is 3. The molecule has 0 amide bonds. The summed E-state index contributed by atoms with van der Waals surface area (Å²) in [5.41, 5.74) is 0. The average molecular weight is 984 g/mol. The van der Waals surface area contributed by atoms with Crippen LogP contribution in [0.4, 0.5) is 0 Å². The van der Waals surface area contributed by atoms with Crippen LogP contribution in [0.1, 0.15) is 335 Å². The number of hydrogen-bond acceptors (Lipinski definition) is 6. The first-order valence-electron chi connectivity index (χ1n) is 31.0. The van der Waals surface area contributed by atoms with Gasteiger partial charge in [0.25, 0.3) is 0 Å². The van der Waals surface area contributed by atoms with E-state index in [9.17, 15) is 14.4 Å². The number of carbonyl (C=O) groups is 3. The molecule has 0 aliphatic heterocycles. The summed E-state index contributed by atoms with van der Waals surface area (Å²) in [7, 11) is 0. The van der Waals surface area contributed by atoms with E-state index in [2.05, 4.69) is 57.2 Å². The zero-order valence-electron chi connectivity index (χ0n) is 47.1. The predicted octanol–water partition coefficient (Wildman–Crippen LogP) is 20.8. The summed E-state index contributed by atoms with van der Waals surface area (Å²) in [6.45, 7) is 6.59. The Hall–Kier alpha value is -2.37. The molecule has 0 rings (SSSR count). The second kappa shape index (κ2) is 59.2. The van der Waals surface area contributed by atoms with Gasteiger partial charge in [0.05, 0.1) is 0 Å². The van der Waals surface area contributed by atoms with E-state index in [1.807, 2.05) is 0 Å². The smallest absolute Gasteiger partial charge is 0.306 e. The van der Waals surface area contributed by atoms with Crippen molar-refractivity contribution < 1.29 is 28.6 Å². The lowest BCUT2D eigenvalue weighted by Crippen LogP contribution is -2.30. The van der Waals surface area contributed by atoms with E-state index >= 15 is 0 Å². The van der Waals surface area contributed by atoms with Gasteiger partial charge in [0.15, 0.2) is 6.10 Å². The molecular formula is C64H118O6. The normalized spacial score (nSPS) is 12.2. The molecule has 0 N–H and O–H groups in total. The van der Waals surface area contributed by atoms with Crippen LogP contribution in [-0.4, -0.2) is 37.2 Å². The summed E-state index contributed by atoms with van der Waals surface area (Å²) < 4.78 is 16.8. The summed E-state index contributed by atoms with van der Waals surface area (Å²) in [5, 5.41) is 0. The van der Waals surface area contributed by atoms with Crippen molar-refractivity contribution in [2.75, 3.05) is 13.2 Å². The van der Waals surface area contributed by atoms with Crippen LogP contribution in [0.25, 0.3) is 0 Å². The molecule has 0 saturated heterocycles. The van der Waals surface area contributed by atoms with Gasteiger partial charge in [-0.1, -0.05) is 276 Å². The van der Waals surface area contributed by atoms with E-state index in [4.69, 9.17) is 14.2 Å². The Kier molecular flexibility index (Phi) is 57.2. The minimum absolute atomic E-state index is 0.0719. The zero-order chi connectivity index (χ0) is 50.7. The maximum atomic E-state index is 12.8. The molecule has 410 valence electrons. The Morgan fingerprint density at radius 3 is 0.829 bits per heavy atom. The van der Waals surface area contributed by atoms with E-state index in [-0.39, 0.29) is 31.1 Å². The summed E-state index contributed by atoms with van der Waals surface area (Å²) in [5.74, 6) is -0.873. The van der Waals surface area contributed by atoms with Gasteiger partial charge in [0, 0.05) is 19.3 Å². The molecule has 1 unspecified atom stereocenters. The Labute approximate surface area is 435 Å². The summed E-state index contributed by atoms with van der Waals surface area (Å²) >= 11 is 0. The standard InChI is InChI=1S/C64H118O6/c1-4-7-10-13-16-18-20-22-24-26-27-28-29-30-31-32-33-34-35-36-37-39-40-42-44-46-48-51-54-57-63(66)69-60-61(59-68-62(65)56-53-50-15-12-9-6-3)70-64(67)58-55-52-49-47-45-43-41-38-25-23-21-19-17-14-11-8-5-2/h17,19,23,25-27,61H,4-16,18,20-22,24,28-60H2,1-3H3/b19-17-,25-23-,27-26-. The van der Waals surface area contributed by atoms with E-state index in [0.717, 1.165) is 70.6 Å². The van der Waals surface area contributed by atoms with Gasteiger partial charge >= 0.3 is 17.9 Å². The lowest BCUT2D eigenvalue weighted by molar-refractivity contribution is -0.167. The van der Waals surface area contributed by atoms with Gasteiger partial charge in [0.1, 0.15) is 13.2 Å². The van der Waals surface area contributed by atoms with E-state index in [1.165, 1.54) is 225 Å². The molecule has 6 heteroatoms. The van der Waals surface area contributed by atoms with Gasteiger partial charge < -0.3 is 14.2 Å². The SMILES string of the molecule is CCCCC/C=C\C/C=C\CCCCCCCCCC(=O)OC(COC(=O)CCCCCCCC)COC(=O)CCCCCCCCCCCCCCCCCCC/C=C\CCCCCCCCCC. The third kappa shape index (κ3) is 56.5. The van der Waals surface area contributed by atoms with Gasteiger partial charge in [-0.2, -0.15) is 0 Å². The van der Waals surface area contributed by atoms with Crippen LogP contribution in [0.2, 0.25) is 0 Å². The molecule has 0 aliphatic carbocycles. The van der Waals surface area contributed by atoms with Gasteiger partial charge in [-0.05, 0) is 77.0 Å². The quantitative estimate of drug-likeness (QED) is 0.0261. The highest BCUT2D eigenvalue weighted by atomic mass is 16.6. The molecule has 1 atom stereocenters. The highest BCUT2D eigenvalue weighted by molar-refractivity contribution is 5.71. The Morgan fingerprint density at radius 1 is 0.286 bits per heavy atom. The van der Waals surface area contributed by atoms with Crippen molar-refractivity contribution in [3.63, 3.8) is 0 Å². The lowest BCUT2D eigenvalue weighted by Gasteiger charge is -2.18. The van der Waals surface area contributed by atoms with Crippen molar-refractivity contribution >= 4 is 17.9 Å². The maximum Gasteiger partial charge on any atom is 0.306 e. The minimum Gasteiger partial charge on any atom is -0.462 e. The van der Waals surface area contributed by atoms with Crippen LogP contribution in [-0.2, 0) is 28.6 Å². The number of allylic oxidation sites excluding steroid dienone is 6. The second-order valence-electron chi connectivity index (χ2n) is 21.0. The van der Waals surface area contributed by atoms with Gasteiger partial charge in [-0.3, -0.25) is 14.4 Å². The van der Waals surface area contributed by atoms with Crippen LogP contribution in [0.3, 0.4) is 0 Å². The van der Waals surface area contributed by atoms with Crippen LogP contribution in [0.5, 0.6) is 0 Å². The zero-order valence-corrected chi connectivity index (χ0v) is 47.1. The second-order valence-corrected chi connectivity index (χ2v) is 21.0. The molecule has 0 aromatic rings. The third-order valence-corrected chi connectivity index (χ3v) is 13.9. The van der Waals surface area contributed by atoms with E-state index in [1.54, 1.807) is 0 Å². The average Bonchev–Trinajstić information content (AvgIpc) is 3.36. The highest BCUT2D eigenvalue weighted by Crippen LogP contribution is 2.17. The van der Waals surface area contributed by atoms with E-state index < -0.39 is 6.10 Å². The molecule has 0 aromatic heterocycles. The maximum absolute atomic E-state index is 12.8. The number of unbranched alkanes of at least 4 members (excludes halogenated alkanes) is 40. The molecule has 6 nitrogen and oxygen atoms in total.